The summed E-state index contributed by atoms with van der Waals surface area (Å²) in [6.07, 6.45) is 1.79. The summed E-state index contributed by atoms with van der Waals surface area (Å²) in [5, 5.41) is 3.17. The first kappa shape index (κ1) is 31.9. The number of nitrogens with zero attached hydrogens (tertiary/aromatic N) is 2. The number of amides is 2. The van der Waals surface area contributed by atoms with Gasteiger partial charge < -0.3 is 15.0 Å². The van der Waals surface area contributed by atoms with Crippen LogP contribution in [0.3, 0.4) is 0 Å². The zero-order valence-corrected chi connectivity index (χ0v) is 25.8. The Kier molecular flexibility index (Phi) is 10.7. The first-order valence-electron chi connectivity index (χ1n) is 13.4. The van der Waals surface area contributed by atoms with Gasteiger partial charge in [-0.15, -0.1) is 11.8 Å². The van der Waals surface area contributed by atoms with E-state index in [1.807, 2.05) is 59.9 Å². The van der Waals surface area contributed by atoms with E-state index in [1.165, 1.54) is 0 Å². The molecule has 1 aromatic carbocycles. The minimum absolute atomic E-state index is 0.0368. The fourth-order valence-electron chi connectivity index (χ4n) is 5.02. The number of benzene rings is 1. The second kappa shape index (κ2) is 12.7. The Bertz CT molecular complexity index is 1020. The molecule has 1 fully saturated rings. The predicted molar refractivity (Wildman–Crippen MR) is 156 cm³/mol. The normalized spacial score (nSPS) is 21.6. The minimum Gasteiger partial charge on any atom is -0.463 e. The molecule has 8 heteroatoms. The Labute approximate surface area is 233 Å². The van der Waals surface area contributed by atoms with Crippen molar-refractivity contribution in [2.75, 3.05) is 20.7 Å². The maximum absolute atomic E-state index is 13.9. The Hall–Kier alpha value is -2.32. The van der Waals surface area contributed by atoms with Crippen molar-refractivity contribution >= 4 is 29.5 Å². The summed E-state index contributed by atoms with van der Waals surface area (Å²) in [5.41, 5.74) is 1.07. The molecule has 212 valence electrons. The lowest BCUT2D eigenvalue weighted by Crippen LogP contribution is -2.60. The number of hydrogen-bond donors (Lipinski definition) is 1. The summed E-state index contributed by atoms with van der Waals surface area (Å²) >= 11 is 1.76. The van der Waals surface area contributed by atoms with Crippen LogP contribution in [-0.4, -0.2) is 71.2 Å². The van der Waals surface area contributed by atoms with Crippen LogP contribution in [-0.2, 0) is 19.1 Å². The summed E-state index contributed by atoms with van der Waals surface area (Å²) in [6, 6.07) is 8.67. The summed E-state index contributed by atoms with van der Waals surface area (Å²) in [6.45, 7) is 17.8. The molecule has 1 aromatic rings. The van der Waals surface area contributed by atoms with Crippen molar-refractivity contribution in [2.24, 2.45) is 11.3 Å². The Balaban J connectivity index is 2.33. The van der Waals surface area contributed by atoms with Crippen LogP contribution in [0.2, 0.25) is 0 Å². The Morgan fingerprint density at radius 1 is 1.18 bits per heavy atom. The molecule has 1 saturated heterocycles. The fraction of sp³-hybridized carbons (Fsp3) is 0.633. The summed E-state index contributed by atoms with van der Waals surface area (Å²) in [7, 11) is 3.71. The number of carbonyl (C=O) groups is 3. The molecule has 1 aliphatic heterocycles. The molecule has 38 heavy (non-hydrogen) atoms. The van der Waals surface area contributed by atoms with Gasteiger partial charge in [0.2, 0.25) is 11.8 Å². The molecule has 0 aliphatic carbocycles. The number of carbonyl (C=O) groups excluding carboxylic acids is 3. The molecule has 0 spiro atoms. The van der Waals surface area contributed by atoms with Crippen LogP contribution in [0.5, 0.6) is 0 Å². The monoisotopic (exact) mass is 545 g/mol. The predicted octanol–water partition coefficient (Wildman–Crippen LogP) is 5.03. The highest BCUT2D eigenvalue weighted by molar-refractivity contribution is 8.01. The van der Waals surface area contributed by atoms with Gasteiger partial charge in [-0.25, -0.2) is 4.79 Å². The lowest BCUT2D eigenvalue weighted by molar-refractivity contribution is -0.141. The summed E-state index contributed by atoms with van der Waals surface area (Å²) < 4.78 is 4.77. The molecule has 1 heterocycles. The quantitative estimate of drug-likeness (QED) is 0.346. The van der Waals surface area contributed by atoms with Crippen molar-refractivity contribution in [1.29, 1.82) is 0 Å². The van der Waals surface area contributed by atoms with Crippen LogP contribution in [0.1, 0.15) is 73.3 Å². The first-order valence-corrected chi connectivity index (χ1v) is 14.3. The van der Waals surface area contributed by atoms with Crippen LogP contribution in [0, 0.1) is 11.3 Å². The van der Waals surface area contributed by atoms with Gasteiger partial charge in [0, 0.05) is 17.4 Å². The van der Waals surface area contributed by atoms with Crippen LogP contribution in [0.4, 0.5) is 0 Å². The van der Waals surface area contributed by atoms with Gasteiger partial charge >= 0.3 is 5.97 Å². The standard InChI is InChI=1S/C30H47N3O4S/c1-12-37-28(36)20(4)18-22(19(2)3)32(10)26(35)23(29(5,6)7)31-25(34)24-30(8,9)38-27(33(24)11)21-16-14-13-15-17-21/h13-19,22-24,27H,12H2,1-11H3,(H,31,34)/b20-18+/t22-,23?,24-,27?/m1/s1. The van der Waals surface area contributed by atoms with Crippen molar-refractivity contribution in [1.82, 2.24) is 15.1 Å². The molecule has 2 unspecified atom stereocenters. The van der Waals surface area contributed by atoms with Gasteiger partial charge in [-0.3, -0.25) is 14.5 Å². The minimum atomic E-state index is -0.748. The Morgan fingerprint density at radius 3 is 2.26 bits per heavy atom. The van der Waals surface area contributed by atoms with Crippen molar-refractivity contribution < 1.29 is 19.1 Å². The van der Waals surface area contributed by atoms with Crippen LogP contribution < -0.4 is 5.32 Å². The van der Waals surface area contributed by atoms with Gasteiger partial charge in [-0.05, 0) is 51.6 Å². The average molecular weight is 546 g/mol. The van der Waals surface area contributed by atoms with E-state index in [0.29, 0.717) is 12.2 Å². The van der Waals surface area contributed by atoms with E-state index in [9.17, 15) is 14.4 Å². The summed E-state index contributed by atoms with van der Waals surface area (Å²) in [4.78, 5) is 43.8. The lowest BCUT2D eigenvalue weighted by Gasteiger charge is -2.39. The molecule has 0 saturated carbocycles. The number of rotatable bonds is 9. The molecule has 4 atom stereocenters. The number of esters is 1. The number of thioether (sulfide) groups is 1. The highest BCUT2D eigenvalue weighted by Gasteiger charge is 2.51. The fourth-order valence-corrected chi connectivity index (χ4v) is 6.58. The molecule has 0 bridgehead atoms. The van der Waals surface area contributed by atoms with Crippen LogP contribution in [0.15, 0.2) is 42.0 Å². The number of hydrogen-bond acceptors (Lipinski definition) is 6. The van der Waals surface area contributed by atoms with E-state index in [2.05, 4.69) is 36.2 Å². The molecule has 0 aromatic heterocycles. The molecular formula is C30H47N3O4S. The van der Waals surface area contributed by atoms with Crippen LogP contribution >= 0.6 is 11.8 Å². The van der Waals surface area contributed by atoms with Gasteiger partial charge in [-0.2, -0.15) is 0 Å². The molecule has 1 N–H and O–H groups in total. The smallest absolute Gasteiger partial charge is 0.333 e. The van der Waals surface area contributed by atoms with E-state index in [1.54, 1.807) is 43.6 Å². The van der Waals surface area contributed by atoms with Crippen molar-refractivity contribution in [3.05, 3.63) is 47.5 Å². The third kappa shape index (κ3) is 7.41. The molecule has 1 aliphatic rings. The highest BCUT2D eigenvalue weighted by atomic mass is 32.2. The maximum Gasteiger partial charge on any atom is 0.333 e. The van der Waals surface area contributed by atoms with E-state index in [-0.39, 0.29) is 33.9 Å². The SMILES string of the molecule is CCOC(=O)/C(C)=C/[C@H](C(C)C)N(C)C(=O)C(NC(=O)[C@H]1N(C)C(c2ccccc2)SC1(C)C)C(C)(C)C. The van der Waals surface area contributed by atoms with Gasteiger partial charge in [0.25, 0.3) is 0 Å². The number of likely N-dealkylation sites (N-methyl/N-ethyl adjacent to an activating group) is 2. The van der Waals surface area contributed by atoms with E-state index in [0.717, 1.165) is 5.56 Å². The second-order valence-corrected chi connectivity index (χ2v) is 13.8. The lowest BCUT2D eigenvalue weighted by atomic mass is 9.84. The van der Waals surface area contributed by atoms with Gasteiger partial charge in [-0.1, -0.05) is 71.0 Å². The van der Waals surface area contributed by atoms with E-state index < -0.39 is 23.5 Å². The summed E-state index contributed by atoms with van der Waals surface area (Å²) in [5.74, 6) is -0.697. The maximum atomic E-state index is 13.9. The van der Waals surface area contributed by atoms with E-state index in [4.69, 9.17) is 4.74 Å². The van der Waals surface area contributed by atoms with Gasteiger partial charge in [0.15, 0.2) is 0 Å². The zero-order chi connectivity index (χ0) is 29.0. The highest BCUT2D eigenvalue weighted by Crippen LogP contribution is 2.51. The molecule has 2 rings (SSSR count). The molecule has 2 amide bonds. The molecular weight excluding hydrogens is 498 g/mol. The number of ether oxygens (including phenoxy) is 1. The molecule has 0 radical (unpaired) electrons. The largest absolute Gasteiger partial charge is 0.463 e. The Morgan fingerprint density at radius 2 is 1.76 bits per heavy atom. The van der Waals surface area contributed by atoms with Gasteiger partial charge in [0.1, 0.15) is 12.1 Å². The average Bonchev–Trinajstić information content (AvgIpc) is 3.07. The van der Waals surface area contributed by atoms with Crippen molar-refractivity contribution in [3.63, 3.8) is 0 Å². The third-order valence-electron chi connectivity index (χ3n) is 7.08. The van der Waals surface area contributed by atoms with Crippen LogP contribution in [0.25, 0.3) is 0 Å². The van der Waals surface area contributed by atoms with E-state index >= 15 is 0 Å². The first-order chi connectivity index (χ1) is 17.5. The third-order valence-corrected chi connectivity index (χ3v) is 8.74. The van der Waals surface area contributed by atoms with Crippen molar-refractivity contribution in [2.45, 2.75) is 90.6 Å². The topological polar surface area (TPSA) is 79.0 Å². The zero-order valence-electron chi connectivity index (χ0n) is 25.0. The molecule has 7 nitrogen and oxygen atoms in total. The number of nitrogens with one attached hydrogen (secondary N) is 1. The van der Waals surface area contributed by atoms with Gasteiger partial charge in [0.05, 0.1) is 18.0 Å². The van der Waals surface area contributed by atoms with Crippen molar-refractivity contribution in [3.8, 4) is 0 Å². The second-order valence-electron chi connectivity index (χ2n) is 12.1.